The first-order chi connectivity index (χ1) is 12.2. The number of rotatable bonds is 7. The molecule has 0 aliphatic carbocycles. The van der Waals surface area contributed by atoms with Gasteiger partial charge in [0.2, 0.25) is 5.91 Å². The van der Waals surface area contributed by atoms with Crippen LogP contribution >= 0.6 is 12.4 Å². The smallest absolute Gasteiger partial charge is 0.237 e. The largest absolute Gasteiger partial charge is 0.494 e. The molecule has 5 nitrogen and oxygen atoms in total. The number of hydrogen-bond donors (Lipinski definition) is 2. The topological polar surface area (TPSA) is 53.6 Å². The fraction of sp³-hybridized carbons (Fsp3) is 0.650. The Labute approximate surface area is 163 Å². The molecule has 6 heteroatoms. The third-order valence-electron chi connectivity index (χ3n) is 5.19. The number of piperidine rings is 1. The Balaban J connectivity index is 0.00000243. The number of carbonyl (C=O) groups is 1. The number of benzene rings is 1. The molecule has 0 saturated carbocycles. The Morgan fingerprint density at radius 2 is 2.08 bits per heavy atom. The second kappa shape index (κ2) is 10.8. The Kier molecular flexibility index (Phi) is 8.69. The van der Waals surface area contributed by atoms with Crippen molar-refractivity contribution in [3.63, 3.8) is 0 Å². The maximum Gasteiger partial charge on any atom is 0.237 e. The van der Waals surface area contributed by atoms with Crippen LogP contribution in [0, 0.1) is 5.92 Å². The number of nitrogens with zero attached hydrogens (tertiary/aromatic N) is 1. The van der Waals surface area contributed by atoms with Crippen molar-refractivity contribution in [3.05, 3.63) is 29.8 Å². The lowest BCUT2D eigenvalue weighted by atomic mass is 9.97. The number of carbonyl (C=O) groups excluding carboxylic acids is 1. The second-order valence-electron chi connectivity index (χ2n) is 7.21. The van der Waals surface area contributed by atoms with Crippen LogP contribution in [0.5, 0.6) is 5.75 Å². The number of ether oxygens (including phenoxy) is 1. The maximum atomic E-state index is 12.1. The number of likely N-dealkylation sites (tertiary alicyclic amines) is 1. The monoisotopic (exact) mass is 381 g/mol. The molecule has 2 heterocycles. The van der Waals surface area contributed by atoms with E-state index in [0.29, 0.717) is 12.5 Å². The minimum atomic E-state index is 0. The minimum Gasteiger partial charge on any atom is -0.494 e. The molecule has 0 radical (unpaired) electrons. The van der Waals surface area contributed by atoms with Crippen molar-refractivity contribution in [2.45, 2.75) is 45.2 Å². The number of hydrogen-bond acceptors (Lipinski definition) is 4. The Hall–Kier alpha value is -1.30. The van der Waals surface area contributed by atoms with Crippen LogP contribution in [0.3, 0.4) is 0 Å². The van der Waals surface area contributed by atoms with Gasteiger partial charge in [0.05, 0.1) is 12.6 Å². The van der Waals surface area contributed by atoms with Crippen molar-refractivity contribution in [1.82, 2.24) is 15.5 Å². The van der Waals surface area contributed by atoms with Crippen molar-refractivity contribution in [2.75, 3.05) is 32.8 Å². The lowest BCUT2D eigenvalue weighted by molar-refractivity contribution is -0.123. The molecule has 2 atom stereocenters. The van der Waals surface area contributed by atoms with Crippen LogP contribution in [0.4, 0.5) is 0 Å². The fourth-order valence-corrected chi connectivity index (χ4v) is 3.85. The summed E-state index contributed by atoms with van der Waals surface area (Å²) in [5.41, 5.74) is 1.32. The lowest BCUT2D eigenvalue weighted by Gasteiger charge is -2.33. The van der Waals surface area contributed by atoms with E-state index in [2.05, 4.69) is 39.8 Å². The van der Waals surface area contributed by atoms with E-state index in [0.717, 1.165) is 51.3 Å². The molecule has 0 spiro atoms. The van der Waals surface area contributed by atoms with Crippen LogP contribution < -0.4 is 15.4 Å². The molecule has 1 aromatic carbocycles. The van der Waals surface area contributed by atoms with Gasteiger partial charge in [-0.3, -0.25) is 9.69 Å². The normalized spacial score (nSPS) is 23.3. The van der Waals surface area contributed by atoms with Crippen molar-refractivity contribution < 1.29 is 9.53 Å². The molecule has 2 fully saturated rings. The first kappa shape index (κ1) is 21.0. The fourth-order valence-electron chi connectivity index (χ4n) is 3.85. The summed E-state index contributed by atoms with van der Waals surface area (Å²) < 4.78 is 5.51. The summed E-state index contributed by atoms with van der Waals surface area (Å²) in [6.07, 6.45) is 4.50. The maximum absolute atomic E-state index is 12.1. The summed E-state index contributed by atoms with van der Waals surface area (Å²) in [6, 6.07) is 8.44. The van der Waals surface area contributed by atoms with Crippen molar-refractivity contribution in [2.24, 2.45) is 5.92 Å². The summed E-state index contributed by atoms with van der Waals surface area (Å²) in [4.78, 5) is 14.7. The highest BCUT2D eigenvalue weighted by atomic mass is 35.5. The Morgan fingerprint density at radius 1 is 1.27 bits per heavy atom. The zero-order valence-corrected chi connectivity index (χ0v) is 16.5. The van der Waals surface area contributed by atoms with Crippen LogP contribution in [-0.4, -0.2) is 49.6 Å². The first-order valence-corrected chi connectivity index (χ1v) is 9.70. The predicted octanol–water partition coefficient (Wildman–Crippen LogP) is 2.59. The van der Waals surface area contributed by atoms with Crippen LogP contribution in [0.2, 0.25) is 0 Å². The summed E-state index contributed by atoms with van der Waals surface area (Å²) in [5.74, 6) is 1.67. The van der Waals surface area contributed by atoms with Crippen molar-refractivity contribution >= 4 is 18.3 Å². The molecule has 3 rings (SSSR count). The van der Waals surface area contributed by atoms with Crippen molar-refractivity contribution in [3.8, 4) is 5.75 Å². The summed E-state index contributed by atoms with van der Waals surface area (Å²) >= 11 is 0. The van der Waals surface area contributed by atoms with E-state index >= 15 is 0 Å². The Morgan fingerprint density at radius 3 is 2.77 bits per heavy atom. The Bertz CT molecular complexity index is 546. The summed E-state index contributed by atoms with van der Waals surface area (Å²) in [5, 5.41) is 6.42. The molecular weight excluding hydrogens is 350 g/mol. The van der Waals surface area contributed by atoms with Gasteiger partial charge in [0.25, 0.3) is 0 Å². The molecule has 2 unspecified atom stereocenters. The summed E-state index contributed by atoms with van der Waals surface area (Å²) in [6.45, 7) is 7.65. The molecule has 1 amide bonds. The second-order valence-corrected chi connectivity index (χ2v) is 7.21. The molecule has 146 valence electrons. The van der Waals surface area contributed by atoms with Gasteiger partial charge in [-0.1, -0.05) is 12.1 Å². The minimum absolute atomic E-state index is 0. The molecule has 0 aromatic heterocycles. The third kappa shape index (κ3) is 6.15. The van der Waals surface area contributed by atoms with Gasteiger partial charge in [-0.2, -0.15) is 0 Å². The standard InChI is InChI=1S/C20H31N3O2.ClH/c1-2-25-18-9-7-16(8-10-18)14-23-12-4-5-17(15-23)13-22-20(24)19-6-3-11-21-19;/h7-10,17,19,21H,2-6,11-15H2,1H3,(H,22,24);1H. The zero-order valence-electron chi connectivity index (χ0n) is 15.7. The average molecular weight is 382 g/mol. The van der Waals surface area contributed by atoms with E-state index in [4.69, 9.17) is 4.74 Å². The van der Waals surface area contributed by atoms with Crippen LogP contribution in [0.25, 0.3) is 0 Å². The summed E-state index contributed by atoms with van der Waals surface area (Å²) in [7, 11) is 0. The van der Waals surface area contributed by atoms with Gasteiger partial charge in [0.15, 0.2) is 0 Å². The number of nitrogens with one attached hydrogen (secondary N) is 2. The lowest BCUT2D eigenvalue weighted by Crippen LogP contribution is -2.45. The molecule has 1 aromatic rings. The van der Waals surface area contributed by atoms with Gasteiger partial charge in [-0.15, -0.1) is 12.4 Å². The van der Waals surface area contributed by atoms with Crippen LogP contribution in [0.15, 0.2) is 24.3 Å². The van der Waals surface area contributed by atoms with Gasteiger partial charge in [0, 0.05) is 19.6 Å². The molecule has 2 aliphatic heterocycles. The van der Waals surface area contributed by atoms with Gasteiger partial charge in [-0.25, -0.2) is 0 Å². The highest BCUT2D eigenvalue weighted by Gasteiger charge is 2.24. The van der Waals surface area contributed by atoms with Gasteiger partial charge >= 0.3 is 0 Å². The van der Waals surface area contributed by atoms with E-state index in [9.17, 15) is 4.79 Å². The zero-order chi connectivity index (χ0) is 17.5. The van der Waals surface area contributed by atoms with Gasteiger partial charge in [-0.05, 0) is 69.3 Å². The molecule has 2 aliphatic rings. The molecule has 26 heavy (non-hydrogen) atoms. The van der Waals surface area contributed by atoms with E-state index in [1.54, 1.807) is 0 Å². The van der Waals surface area contributed by atoms with Gasteiger partial charge < -0.3 is 15.4 Å². The highest BCUT2D eigenvalue weighted by Crippen LogP contribution is 2.20. The first-order valence-electron chi connectivity index (χ1n) is 9.70. The molecule has 2 N–H and O–H groups in total. The molecule has 2 saturated heterocycles. The van der Waals surface area contributed by atoms with Crippen molar-refractivity contribution in [1.29, 1.82) is 0 Å². The highest BCUT2D eigenvalue weighted by molar-refractivity contribution is 5.85. The van der Waals surface area contributed by atoms with Gasteiger partial charge in [0.1, 0.15) is 5.75 Å². The predicted molar refractivity (Wildman–Crippen MR) is 107 cm³/mol. The van der Waals surface area contributed by atoms with E-state index in [1.807, 2.05) is 6.92 Å². The number of amides is 1. The average Bonchev–Trinajstić information content (AvgIpc) is 3.17. The van der Waals surface area contributed by atoms with E-state index < -0.39 is 0 Å². The van der Waals surface area contributed by atoms with E-state index in [1.165, 1.54) is 18.4 Å². The number of halogens is 1. The SMILES string of the molecule is CCOc1ccc(CN2CCCC(CNC(=O)C3CCCN3)C2)cc1.Cl. The van der Waals surface area contributed by atoms with Crippen LogP contribution in [-0.2, 0) is 11.3 Å². The molecule has 0 bridgehead atoms. The quantitative estimate of drug-likeness (QED) is 0.762. The van der Waals surface area contributed by atoms with E-state index in [-0.39, 0.29) is 24.4 Å². The van der Waals surface area contributed by atoms with Crippen LogP contribution in [0.1, 0.15) is 38.2 Å². The third-order valence-corrected chi connectivity index (χ3v) is 5.19. The molecular formula is C20H32ClN3O2.